The number of hydrogen-bond donors (Lipinski definition) is 0. The molecule has 7 rings (SSSR count). The van der Waals surface area contributed by atoms with Gasteiger partial charge in [0, 0.05) is 28.8 Å². The van der Waals surface area contributed by atoms with Gasteiger partial charge in [-0.3, -0.25) is 4.98 Å². The molecule has 4 aromatic carbocycles. The van der Waals surface area contributed by atoms with Crippen LogP contribution in [0.15, 0.2) is 109 Å². The highest BCUT2D eigenvalue weighted by atomic mass is 14.7. The van der Waals surface area contributed by atoms with E-state index in [-0.39, 0.29) is 5.41 Å². The minimum absolute atomic E-state index is 0.150. The smallest absolute Gasteiger partial charge is 0.0759 e. The number of hydrogen-bond acceptors (Lipinski definition) is 2. The van der Waals surface area contributed by atoms with Gasteiger partial charge in [0.05, 0.1) is 11.2 Å². The Hall–Kier alpha value is -4.30. The molecule has 0 N–H and O–H groups in total. The molecule has 0 bridgehead atoms. The third kappa shape index (κ3) is 2.90. The zero-order valence-electron chi connectivity index (χ0n) is 19.8. The molecule has 0 atom stereocenters. The molecule has 166 valence electrons. The summed E-state index contributed by atoms with van der Waals surface area (Å²) >= 11 is 0. The van der Waals surface area contributed by atoms with E-state index >= 15 is 0 Å². The van der Waals surface area contributed by atoms with Crippen LogP contribution in [0.5, 0.6) is 0 Å². The molecule has 35 heavy (non-hydrogen) atoms. The predicted molar refractivity (Wildman–Crippen MR) is 145 cm³/mol. The molecule has 0 saturated heterocycles. The first-order valence-electron chi connectivity index (χ1n) is 12.1. The van der Waals surface area contributed by atoms with Crippen LogP contribution in [0.25, 0.3) is 55.2 Å². The monoisotopic (exact) mass is 448 g/mol. The standard InChI is InChI=1S/C33H24N2/c1-33(2)27-10-6-5-9-26(27)32-31(33)29(24-13-11-21(12-14-24)22-17-19-34-20-18-22)30-25-8-4-3-7-23(25)15-16-28(30)35-32/h3-20H,1-2H3. The SMILES string of the molecule is CC1(C)c2ccccc2-c2nc3ccc4ccccc4c3c(-c3ccc(-c4ccncc4)cc3)c21. The maximum atomic E-state index is 5.29. The van der Waals surface area contributed by atoms with Crippen molar-refractivity contribution in [3.63, 3.8) is 0 Å². The molecule has 2 heterocycles. The van der Waals surface area contributed by atoms with Crippen molar-refractivity contribution in [2.45, 2.75) is 19.3 Å². The fourth-order valence-electron chi connectivity index (χ4n) is 5.87. The van der Waals surface area contributed by atoms with Crippen LogP contribution in [-0.4, -0.2) is 9.97 Å². The van der Waals surface area contributed by atoms with Gasteiger partial charge in [-0.25, -0.2) is 4.98 Å². The second-order valence-electron chi connectivity index (χ2n) is 9.88. The summed E-state index contributed by atoms with van der Waals surface area (Å²) in [5.41, 5.74) is 10.8. The number of benzene rings is 4. The van der Waals surface area contributed by atoms with E-state index in [1.165, 1.54) is 55.1 Å². The first-order valence-corrected chi connectivity index (χ1v) is 12.1. The van der Waals surface area contributed by atoms with E-state index in [4.69, 9.17) is 4.98 Å². The molecule has 0 amide bonds. The lowest BCUT2D eigenvalue weighted by atomic mass is 9.78. The topological polar surface area (TPSA) is 25.8 Å². The van der Waals surface area contributed by atoms with Crippen molar-refractivity contribution in [2.24, 2.45) is 0 Å². The van der Waals surface area contributed by atoms with Crippen LogP contribution in [-0.2, 0) is 5.41 Å². The highest BCUT2D eigenvalue weighted by molar-refractivity contribution is 6.15. The molecular formula is C33H24N2. The molecule has 0 fully saturated rings. The van der Waals surface area contributed by atoms with Gasteiger partial charge in [-0.2, -0.15) is 0 Å². The van der Waals surface area contributed by atoms with Crippen molar-refractivity contribution in [3.05, 3.63) is 121 Å². The normalized spacial score (nSPS) is 13.7. The fourth-order valence-corrected chi connectivity index (χ4v) is 5.87. The summed E-state index contributed by atoms with van der Waals surface area (Å²) in [4.78, 5) is 9.45. The Kier molecular flexibility index (Phi) is 4.22. The van der Waals surface area contributed by atoms with Crippen LogP contribution < -0.4 is 0 Å². The molecule has 0 aliphatic heterocycles. The quantitative estimate of drug-likeness (QED) is 0.248. The first kappa shape index (κ1) is 20.1. The molecule has 2 nitrogen and oxygen atoms in total. The summed E-state index contributed by atoms with van der Waals surface area (Å²) in [6, 6.07) is 34.9. The highest BCUT2D eigenvalue weighted by Crippen LogP contribution is 2.53. The number of fused-ring (bicyclic) bond motifs is 6. The van der Waals surface area contributed by atoms with Gasteiger partial charge < -0.3 is 0 Å². The molecule has 0 saturated carbocycles. The lowest BCUT2D eigenvalue weighted by Crippen LogP contribution is -2.16. The Bertz CT molecular complexity index is 1750. The van der Waals surface area contributed by atoms with Crippen molar-refractivity contribution in [1.29, 1.82) is 0 Å². The zero-order chi connectivity index (χ0) is 23.6. The van der Waals surface area contributed by atoms with Crippen molar-refractivity contribution in [2.75, 3.05) is 0 Å². The number of aromatic nitrogens is 2. The average Bonchev–Trinajstić information content (AvgIpc) is 3.14. The van der Waals surface area contributed by atoms with Gasteiger partial charge in [-0.05, 0) is 62.4 Å². The average molecular weight is 449 g/mol. The maximum absolute atomic E-state index is 5.29. The Morgan fingerprint density at radius 1 is 0.629 bits per heavy atom. The van der Waals surface area contributed by atoms with Crippen LogP contribution in [0.2, 0.25) is 0 Å². The lowest BCUT2D eigenvalue weighted by Gasteiger charge is -2.25. The van der Waals surface area contributed by atoms with Gasteiger partial charge in [0.1, 0.15) is 0 Å². The summed E-state index contributed by atoms with van der Waals surface area (Å²) < 4.78 is 0. The molecular weight excluding hydrogens is 424 g/mol. The number of nitrogens with zero attached hydrogens (tertiary/aromatic N) is 2. The van der Waals surface area contributed by atoms with Gasteiger partial charge in [0.25, 0.3) is 0 Å². The number of rotatable bonds is 2. The molecule has 2 heteroatoms. The summed E-state index contributed by atoms with van der Waals surface area (Å²) in [6.45, 7) is 4.68. The van der Waals surface area contributed by atoms with Crippen LogP contribution in [0.3, 0.4) is 0 Å². The van der Waals surface area contributed by atoms with E-state index in [2.05, 4.69) is 116 Å². The Morgan fingerprint density at radius 2 is 1.31 bits per heavy atom. The lowest BCUT2D eigenvalue weighted by molar-refractivity contribution is 0.662. The van der Waals surface area contributed by atoms with Crippen molar-refractivity contribution >= 4 is 21.7 Å². The van der Waals surface area contributed by atoms with Crippen LogP contribution in [0.1, 0.15) is 25.0 Å². The molecule has 1 aliphatic carbocycles. The van der Waals surface area contributed by atoms with E-state index in [0.29, 0.717) is 0 Å². The largest absolute Gasteiger partial charge is 0.265 e. The van der Waals surface area contributed by atoms with Crippen molar-refractivity contribution in [3.8, 4) is 33.5 Å². The van der Waals surface area contributed by atoms with E-state index in [1.807, 2.05) is 12.4 Å². The molecule has 6 aromatic rings. The number of pyridine rings is 2. The summed E-state index contributed by atoms with van der Waals surface area (Å²) in [7, 11) is 0. The second-order valence-corrected chi connectivity index (χ2v) is 9.88. The van der Waals surface area contributed by atoms with Gasteiger partial charge in [0.2, 0.25) is 0 Å². The maximum Gasteiger partial charge on any atom is 0.0759 e. The van der Waals surface area contributed by atoms with E-state index in [1.54, 1.807) is 0 Å². The molecule has 2 aromatic heterocycles. The van der Waals surface area contributed by atoms with E-state index in [0.717, 1.165) is 11.2 Å². The van der Waals surface area contributed by atoms with Crippen LogP contribution in [0.4, 0.5) is 0 Å². The molecule has 1 aliphatic rings. The summed E-state index contributed by atoms with van der Waals surface area (Å²) in [5, 5.41) is 3.73. The van der Waals surface area contributed by atoms with Crippen LogP contribution >= 0.6 is 0 Å². The van der Waals surface area contributed by atoms with Gasteiger partial charge in [0.15, 0.2) is 0 Å². The summed E-state index contributed by atoms with van der Waals surface area (Å²) in [6.07, 6.45) is 3.69. The van der Waals surface area contributed by atoms with Gasteiger partial charge >= 0.3 is 0 Å². The highest BCUT2D eigenvalue weighted by Gasteiger charge is 2.39. The molecule has 0 unspecified atom stereocenters. The van der Waals surface area contributed by atoms with E-state index in [9.17, 15) is 0 Å². The van der Waals surface area contributed by atoms with Crippen molar-refractivity contribution in [1.82, 2.24) is 9.97 Å². The minimum atomic E-state index is -0.150. The Labute approximate surface area is 204 Å². The molecule has 0 spiro atoms. The second kappa shape index (κ2) is 7.35. The summed E-state index contributed by atoms with van der Waals surface area (Å²) in [5.74, 6) is 0. The van der Waals surface area contributed by atoms with Crippen LogP contribution in [0, 0.1) is 0 Å². The van der Waals surface area contributed by atoms with Gasteiger partial charge in [-0.15, -0.1) is 0 Å². The van der Waals surface area contributed by atoms with Crippen molar-refractivity contribution < 1.29 is 0 Å². The third-order valence-corrected chi connectivity index (χ3v) is 7.54. The zero-order valence-corrected chi connectivity index (χ0v) is 19.8. The predicted octanol–water partition coefficient (Wildman–Crippen LogP) is 8.42. The Balaban J connectivity index is 1.59. The van der Waals surface area contributed by atoms with E-state index < -0.39 is 0 Å². The minimum Gasteiger partial charge on any atom is -0.265 e. The Morgan fingerprint density at radius 3 is 2.14 bits per heavy atom. The fraction of sp³-hybridized carbons (Fsp3) is 0.0909. The first-order chi connectivity index (χ1) is 17.1. The van der Waals surface area contributed by atoms with Gasteiger partial charge in [-0.1, -0.05) is 92.7 Å². The third-order valence-electron chi connectivity index (χ3n) is 7.54. The molecule has 0 radical (unpaired) electrons.